The molecule has 31 heavy (non-hydrogen) atoms. The maximum atomic E-state index is 12.8. The molecule has 1 fully saturated rings. The summed E-state index contributed by atoms with van der Waals surface area (Å²) in [6, 6.07) is 11.0. The Morgan fingerprint density at radius 2 is 1.90 bits per heavy atom. The number of aryl methyl sites for hydroxylation is 1. The number of amides is 3. The minimum atomic E-state index is -0.375. The van der Waals surface area contributed by atoms with Crippen LogP contribution in [0, 0.1) is 12.8 Å². The highest BCUT2D eigenvalue weighted by Gasteiger charge is 2.22. The van der Waals surface area contributed by atoms with Crippen molar-refractivity contribution in [2.45, 2.75) is 52.0 Å². The van der Waals surface area contributed by atoms with E-state index in [0.717, 1.165) is 12.0 Å². The lowest BCUT2D eigenvalue weighted by molar-refractivity contribution is -0.137. The molecule has 0 atom stereocenters. The Morgan fingerprint density at radius 1 is 1.10 bits per heavy atom. The van der Waals surface area contributed by atoms with Crippen molar-refractivity contribution in [1.82, 2.24) is 10.2 Å². The second-order valence-corrected chi connectivity index (χ2v) is 8.21. The van der Waals surface area contributed by atoms with Gasteiger partial charge in [-0.15, -0.1) is 0 Å². The molecule has 1 saturated carbocycles. The van der Waals surface area contributed by atoms with E-state index in [4.69, 9.17) is 4.42 Å². The molecule has 0 unspecified atom stereocenters. The van der Waals surface area contributed by atoms with Crippen molar-refractivity contribution in [2.24, 2.45) is 5.92 Å². The first-order valence-corrected chi connectivity index (χ1v) is 10.9. The molecule has 1 aliphatic carbocycles. The molecule has 0 saturated heterocycles. The number of nitrogens with one attached hydrogen (secondary N) is 2. The molecule has 3 amide bonds. The number of anilines is 1. The van der Waals surface area contributed by atoms with Gasteiger partial charge in [-0.1, -0.05) is 37.8 Å². The van der Waals surface area contributed by atoms with Crippen molar-refractivity contribution in [3.05, 3.63) is 54.0 Å². The summed E-state index contributed by atoms with van der Waals surface area (Å²) in [6.07, 6.45) is 7.67. The van der Waals surface area contributed by atoms with Gasteiger partial charge in [-0.3, -0.25) is 14.4 Å². The first-order valence-electron chi connectivity index (χ1n) is 10.9. The van der Waals surface area contributed by atoms with Crippen molar-refractivity contribution in [3.8, 4) is 0 Å². The molecule has 1 aliphatic rings. The molecule has 3 rings (SSSR count). The van der Waals surface area contributed by atoms with E-state index in [1.165, 1.54) is 30.6 Å². The molecular formula is C24H31N3O4. The molecule has 0 spiro atoms. The van der Waals surface area contributed by atoms with Crippen LogP contribution in [0.25, 0.3) is 0 Å². The third-order valence-corrected chi connectivity index (χ3v) is 5.60. The fraction of sp³-hybridized carbons (Fsp3) is 0.458. The van der Waals surface area contributed by atoms with Crippen LogP contribution in [-0.2, 0) is 20.9 Å². The quantitative estimate of drug-likeness (QED) is 0.608. The van der Waals surface area contributed by atoms with Crippen LogP contribution >= 0.6 is 0 Å². The third-order valence-electron chi connectivity index (χ3n) is 5.60. The highest BCUT2D eigenvalue weighted by Crippen LogP contribution is 2.28. The van der Waals surface area contributed by atoms with E-state index in [1.807, 2.05) is 25.1 Å². The number of nitrogens with zero attached hydrogens (tertiary/aromatic N) is 1. The van der Waals surface area contributed by atoms with E-state index in [0.29, 0.717) is 23.8 Å². The second kappa shape index (κ2) is 11.3. The molecule has 1 heterocycles. The van der Waals surface area contributed by atoms with Crippen LogP contribution in [-0.4, -0.2) is 35.7 Å². The van der Waals surface area contributed by atoms with Crippen molar-refractivity contribution < 1.29 is 18.8 Å². The molecule has 0 aliphatic heterocycles. The van der Waals surface area contributed by atoms with Gasteiger partial charge in [0.1, 0.15) is 12.3 Å². The van der Waals surface area contributed by atoms with Crippen LogP contribution < -0.4 is 10.6 Å². The normalized spacial score (nSPS) is 13.7. The minimum absolute atomic E-state index is 0.0670. The summed E-state index contributed by atoms with van der Waals surface area (Å²) in [5, 5.41) is 5.36. The lowest BCUT2D eigenvalue weighted by atomic mass is 10.0. The van der Waals surface area contributed by atoms with Crippen molar-refractivity contribution >= 4 is 23.4 Å². The number of furan rings is 1. The smallest absolute Gasteiger partial charge is 0.243 e. The predicted molar refractivity (Wildman–Crippen MR) is 118 cm³/mol. The fourth-order valence-electron chi connectivity index (χ4n) is 3.94. The number of hydrogen-bond acceptors (Lipinski definition) is 4. The Kier molecular flexibility index (Phi) is 8.27. The largest absolute Gasteiger partial charge is 0.467 e. The predicted octanol–water partition coefficient (Wildman–Crippen LogP) is 3.64. The monoisotopic (exact) mass is 425 g/mol. The summed E-state index contributed by atoms with van der Waals surface area (Å²) in [4.78, 5) is 38.9. The van der Waals surface area contributed by atoms with Crippen LogP contribution in [0.5, 0.6) is 0 Å². The lowest BCUT2D eigenvalue weighted by Crippen LogP contribution is -2.42. The standard InChI is InChI=1S/C24H31N3O4/c1-18-6-4-9-20(14-18)26-22(28)15-25-23(29)17-27(16-21-10-5-13-31-21)24(30)12-11-19-7-2-3-8-19/h4-6,9-10,13-14,19H,2-3,7-8,11-12,15-17H2,1H3,(H,25,29)(H,26,28). The zero-order valence-electron chi connectivity index (χ0n) is 18.1. The number of benzene rings is 1. The summed E-state index contributed by atoms with van der Waals surface area (Å²) >= 11 is 0. The molecule has 1 aromatic carbocycles. The van der Waals surface area contributed by atoms with E-state index >= 15 is 0 Å². The zero-order valence-corrected chi connectivity index (χ0v) is 18.1. The van der Waals surface area contributed by atoms with Crippen LogP contribution in [0.15, 0.2) is 47.1 Å². The number of hydrogen-bond donors (Lipinski definition) is 2. The fourth-order valence-corrected chi connectivity index (χ4v) is 3.94. The Labute approximate surface area is 183 Å². The van der Waals surface area contributed by atoms with Crippen molar-refractivity contribution in [3.63, 3.8) is 0 Å². The molecule has 2 aromatic rings. The van der Waals surface area contributed by atoms with Gasteiger partial charge in [0.05, 0.1) is 19.4 Å². The van der Waals surface area contributed by atoms with Gasteiger partial charge in [0.2, 0.25) is 17.7 Å². The third kappa shape index (κ3) is 7.59. The SMILES string of the molecule is Cc1cccc(NC(=O)CNC(=O)CN(Cc2ccco2)C(=O)CCC2CCCC2)c1. The maximum absolute atomic E-state index is 12.8. The summed E-state index contributed by atoms with van der Waals surface area (Å²) in [5.41, 5.74) is 1.72. The van der Waals surface area contributed by atoms with E-state index in [2.05, 4.69) is 10.6 Å². The van der Waals surface area contributed by atoms with E-state index in [9.17, 15) is 14.4 Å². The van der Waals surface area contributed by atoms with Gasteiger partial charge in [-0.05, 0) is 49.1 Å². The summed E-state index contributed by atoms with van der Waals surface area (Å²) < 4.78 is 5.36. The van der Waals surface area contributed by atoms with Gasteiger partial charge in [-0.25, -0.2) is 0 Å². The molecule has 7 nitrogen and oxygen atoms in total. The Hall–Kier alpha value is -3.09. The van der Waals surface area contributed by atoms with Gasteiger partial charge in [0.25, 0.3) is 0 Å². The van der Waals surface area contributed by atoms with Crippen LogP contribution in [0.1, 0.15) is 49.8 Å². The molecule has 0 radical (unpaired) electrons. The van der Waals surface area contributed by atoms with Gasteiger partial charge >= 0.3 is 0 Å². The summed E-state index contributed by atoms with van der Waals surface area (Å²) in [7, 11) is 0. The zero-order chi connectivity index (χ0) is 22.1. The highest BCUT2D eigenvalue weighted by molar-refractivity contribution is 5.95. The Morgan fingerprint density at radius 3 is 2.61 bits per heavy atom. The van der Waals surface area contributed by atoms with E-state index in [1.54, 1.807) is 24.5 Å². The van der Waals surface area contributed by atoms with Gasteiger partial charge in [-0.2, -0.15) is 0 Å². The average molecular weight is 426 g/mol. The lowest BCUT2D eigenvalue weighted by Gasteiger charge is -2.22. The topological polar surface area (TPSA) is 91.7 Å². The van der Waals surface area contributed by atoms with E-state index in [-0.39, 0.29) is 37.4 Å². The Balaban J connectivity index is 1.49. The van der Waals surface area contributed by atoms with E-state index < -0.39 is 0 Å². The molecule has 2 N–H and O–H groups in total. The van der Waals surface area contributed by atoms with Gasteiger partial charge < -0.3 is 20.0 Å². The molecule has 1 aromatic heterocycles. The molecule has 166 valence electrons. The first kappa shape index (κ1) is 22.6. The molecule has 7 heteroatoms. The molecule has 0 bridgehead atoms. The minimum Gasteiger partial charge on any atom is -0.467 e. The number of carbonyl (C=O) groups excluding carboxylic acids is 3. The second-order valence-electron chi connectivity index (χ2n) is 8.21. The highest BCUT2D eigenvalue weighted by atomic mass is 16.3. The van der Waals surface area contributed by atoms with Crippen molar-refractivity contribution in [1.29, 1.82) is 0 Å². The van der Waals surface area contributed by atoms with Crippen LogP contribution in [0.4, 0.5) is 5.69 Å². The Bertz CT molecular complexity index is 873. The van der Waals surface area contributed by atoms with Crippen LogP contribution in [0.3, 0.4) is 0 Å². The van der Waals surface area contributed by atoms with Gasteiger partial charge in [0.15, 0.2) is 0 Å². The summed E-state index contributed by atoms with van der Waals surface area (Å²) in [6.45, 7) is 1.91. The number of carbonyl (C=O) groups is 3. The average Bonchev–Trinajstić information content (AvgIpc) is 3.44. The summed E-state index contributed by atoms with van der Waals surface area (Å²) in [5.74, 6) is 0.472. The maximum Gasteiger partial charge on any atom is 0.243 e. The first-order chi connectivity index (χ1) is 15.0. The van der Waals surface area contributed by atoms with Crippen LogP contribution in [0.2, 0.25) is 0 Å². The number of rotatable bonds is 10. The molecular weight excluding hydrogens is 394 g/mol. The van der Waals surface area contributed by atoms with Gasteiger partial charge in [0, 0.05) is 12.1 Å². The van der Waals surface area contributed by atoms with Crippen molar-refractivity contribution in [2.75, 3.05) is 18.4 Å².